The van der Waals surface area contributed by atoms with E-state index in [4.69, 9.17) is 9.47 Å². The van der Waals surface area contributed by atoms with Crippen molar-refractivity contribution < 1.29 is 24.2 Å². The molecule has 0 unspecified atom stereocenters. The summed E-state index contributed by atoms with van der Waals surface area (Å²) >= 11 is 0. The minimum atomic E-state index is -0.782. The van der Waals surface area contributed by atoms with Crippen LogP contribution in [-0.2, 0) is 11.3 Å². The summed E-state index contributed by atoms with van der Waals surface area (Å²) in [6.07, 6.45) is 4.27. The van der Waals surface area contributed by atoms with Crippen LogP contribution < -0.4 is 14.8 Å². The van der Waals surface area contributed by atoms with Crippen LogP contribution >= 0.6 is 0 Å². The van der Waals surface area contributed by atoms with Gasteiger partial charge >= 0.3 is 5.97 Å². The molecule has 37 heavy (non-hydrogen) atoms. The maximum atomic E-state index is 13.1. The number of pyridine rings is 1. The number of hydrogen-bond acceptors (Lipinski definition) is 6. The first kappa shape index (κ1) is 24.8. The lowest BCUT2D eigenvalue weighted by molar-refractivity contribution is -0.144. The van der Waals surface area contributed by atoms with Crippen molar-refractivity contribution in [3.8, 4) is 22.6 Å². The van der Waals surface area contributed by atoms with E-state index in [0.717, 1.165) is 58.7 Å². The summed E-state index contributed by atoms with van der Waals surface area (Å²) in [6.45, 7) is 6.23. The lowest BCUT2D eigenvalue weighted by Crippen LogP contribution is -2.44. The van der Waals surface area contributed by atoms with Crippen LogP contribution in [0.2, 0.25) is 0 Å². The molecule has 192 valence electrons. The SMILES string of the molecule is Cc1cc(C(=O)Nc2cccc(-c3ccc4c(c3)OCCO4)c2C)ncc1CN1CCCC[C@H]1C(=O)O. The first-order valence-electron chi connectivity index (χ1n) is 12.6. The van der Waals surface area contributed by atoms with E-state index in [2.05, 4.69) is 10.3 Å². The second-order valence-corrected chi connectivity index (χ2v) is 9.61. The van der Waals surface area contributed by atoms with Crippen molar-refractivity contribution in [2.24, 2.45) is 0 Å². The number of fused-ring (bicyclic) bond motifs is 1. The van der Waals surface area contributed by atoms with Crippen LogP contribution in [0.1, 0.15) is 46.4 Å². The third kappa shape index (κ3) is 5.29. The molecule has 1 fully saturated rings. The molecule has 5 rings (SSSR count). The van der Waals surface area contributed by atoms with Gasteiger partial charge in [0.1, 0.15) is 24.9 Å². The van der Waals surface area contributed by atoms with Crippen molar-refractivity contribution in [2.45, 2.75) is 45.7 Å². The summed E-state index contributed by atoms with van der Waals surface area (Å²) in [5, 5.41) is 12.6. The minimum absolute atomic E-state index is 0.293. The largest absolute Gasteiger partial charge is 0.486 e. The highest BCUT2D eigenvalue weighted by molar-refractivity contribution is 6.04. The zero-order valence-corrected chi connectivity index (χ0v) is 21.1. The van der Waals surface area contributed by atoms with Crippen LogP contribution in [0.25, 0.3) is 11.1 Å². The van der Waals surface area contributed by atoms with Gasteiger partial charge in [-0.15, -0.1) is 0 Å². The zero-order chi connectivity index (χ0) is 25.9. The third-order valence-corrected chi connectivity index (χ3v) is 7.16. The molecule has 1 aromatic heterocycles. The number of carboxylic acid groups (broad SMARTS) is 1. The summed E-state index contributed by atoms with van der Waals surface area (Å²) in [4.78, 5) is 31.1. The number of carbonyl (C=O) groups is 2. The van der Waals surface area contributed by atoms with Gasteiger partial charge in [0.05, 0.1) is 0 Å². The first-order chi connectivity index (χ1) is 17.9. The van der Waals surface area contributed by atoms with Gasteiger partial charge < -0.3 is 19.9 Å². The van der Waals surface area contributed by atoms with Gasteiger partial charge in [-0.05, 0) is 85.3 Å². The van der Waals surface area contributed by atoms with E-state index in [-0.39, 0.29) is 5.91 Å². The Balaban J connectivity index is 1.32. The van der Waals surface area contributed by atoms with Crippen LogP contribution in [0.3, 0.4) is 0 Å². The topological polar surface area (TPSA) is 101 Å². The maximum absolute atomic E-state index is 13.1. The molecule has 0 spiro atoms. The molecule has 8 nitrogen and oxygen atoms in total. The molecule has 1 amide bonds. The van der Waals surface area contributed by atoms with Crippen molar-refractivity contribution in [1.82, 2.24) is 9.88 Å². The number of aliphatic carboxylic acids is 1. The Morgan fingerprint density at radius 2 is 1.89 bits per heavy atom. The predicted octanol–water partition coefficient (Wildman–Crippen LogP) is 4.83. The number of benzene rings is 2. The van der Waals surface area contributed by atoms with Crippen molar-refractivity contribution in [2.75, 3.05) is 25.1 Å². The fourth-order valence-corrected chi connectivity index (χ4v) is 5.03. The van der Waals surface area contributed by atoms with Crippen LogP contribution in [-0.4, -0.2) is 52.7 Å². The van der Waals surface area contributed by atoms with Gasteiger partial charge in [0, 0.05) is 18.4 Å². The van der Waals surface area contributed by atoms with Crippen LogP contribution in [0.15, 0.2) is 48.7 Å². The molecule has 0 saturated carbocycles. The van der Waals surface area contributed by atoms with Crippen LogP contribution in [0, 0.1) is 13.8 Å². The number of piperidine rings is 1. The van der Waals surface area contributed by atoms with Crippen LogP contribution in [0.5, 0.6) is 11.5 Å². The van der Waals surface area contributed by atoms with Crippen LogP contribution in [0.4, 0.5) is 5.69 Å². The highest BCUT2D eigenvalue weighted by Crippen LogP contribution is 2.37. The molecule has 2 aromatic carbocycles. The summed E-state index contributed by atoms with van der Waals surface area (Å²) in [5.74, 6) is 0.381. The molecule has 2 aliphatic heterocycles. The smallest absolute Gasteiger partial charge is 0.320 e. The second-order valence-electron chi connectivity index (χ2n) is 9.61. The standard InChI is InChI=1S/C29H31N3O5/c1-18-14-24(30-16-21(18)17-32-11-4-3-8-25(32)29(34)35)28(33)31-23-7-5-6-22(19(23)2)20-9-10-26-27(15-20)37-13-12-36-26/h5-7,9-10,14-16,25H,3-4,8,11-13,17H2,1-2H3,(H,31,33)(H,34,35)/t25-/m0/s1. The van der Waals surface area contributed by atoms with Gasteiger partial charge in [0.15, 0.2) is 11.5 Å². The molecule has 2 aliphatic rings. The van der Waals surface area contributed by atoms with Gasteiger partial charge in [0.2, 0.25) is 0 Å². The second kappa shape index (κ2) is 10.6. The lowest BCUT2D eigenvalue weighted by Gasteiger charge is -2.33. The molecule has 0 bridgehead atoms. The molecular formula is C29H31N3O5. The maximum Gasteiger partial charge on any atom is 0.320 e. The summed E-state index contributed by atoms with van der Waals surface area (Å²) < 4.78 is 11.4. The minimum Gasteiger partial charge on any atom is -0.486 e. The van der Waals surface area contributed by atoms with Gasteiger partial charge in [-0.3, -0.25) is 19.5 Å². The Labute approximate surface area is 216 Å². The highest BCUT2D eigenvalue weighted by Gasteiger charge is 2.28. The fraction of sp³-hybridized carbons (Fsp3) is 0.345. The highest BCUT2D eigenvalue weighted by atomic mass is 16.6. The molecule has 8 heteroatoms. The number of likely N-dealkylation sites (tertiary alicyclic amines) is 1. The normalized spacial score (nSPS) is 17.3. The summed E-state index contributed by atoms with van der Waals surface area (Å²) in [7, 11) is 0. The fourth-order valence-electron chi connectivity index (χ4n) is 5.03. The van der Waals surface area contributed by atoms with E-state index in [1.165, 1.54) is 0 Å². The first-order valence-corrected chi connectivity index (χ1v) is 12.6. The number of nitrogens with one attached hydrogen (secondary N) is 1. The average molecular weight is 502 g/mol. The number of aromatic nitrogens is 1. The van der Waals surface area contributed by atoms with Crippen molar-refractivity contribution in [3.63, 3.8) is 0 Å². The van der Waals surface area contributed by atoms with E-state index >= 15 is 0 Å². The van der Waals surface area contributed by atoms with Gasteiger partial charge in [0.25, 0.3) is 5.91 Å². The molecular weight excluding hydrogens is 470 g/mol. The number of carbonyl (C=O) groups excluding carboxylic acids is 1. The number of nitrogens with zero attached hydrogens (tertiary/aromatic N) is 2. The predicted molar refractivity (Wildman–Crippen MR) is 140 cm³/mol. The number of anilines is 1. The molecule has 1 saturated heterocycles. The monoisotopic (exact) mass is 501 g/mol. The molecule has 3 aromatic rings. The van der Waals surface area contributed by atoms with E-state index in [1.807, 2.05) is 55.1 Å². The number of hydrogen-bond donors (Lipinski definition) is 2. The molecule has 0 aliphatic carbocycles. The average Bonchev–Trinajstić information content (AvgIpc) is 2.91. The Bertz CT molecular complexity index is 1340. The number of ether oxygens (including phenoxy) is 2. The van der Waals surface area contributed by atoms with E-state index < -0.39 is 12.0 Å². The summed E-state index contributed by atoms with van der Waals surface area (Å²) in [6, 6.07) is 13.0. The lowest BCUT2D eigenvalue weighted by atomic mass is 9.98. The van der Waals surface area contributed by atoms with E-state index in [1.54, 1.807) is 12.3 Å². The Morgan fingerprint density at radius 1 is 1.08 bits per heavy atom. The Hall–Kier alpha value is -3.91. The molecule has 1 atom stereocenters. The number of amides is 1. The van der Waals surface area contributed by atoms with Crippen molar-refractivity contribution in [3.05, 3.63) is 71.0 Å². The van der Waals surface area contributed by atoms with E-state index in [9.17, 15) is 14.7 Å². The van der Waals surface area contributed by atoms with Gasteiger partial charge in [-0.25, -0.2) is 0 Å². The van der Waals surface area contributed by atoms with Crippen molar-refractivity contribution >= 4 is 17.6 Å². The zero-order valence-electron chi connectivity index (χ0n) is 21.1. The van der Waals surface area contributed by atoms with Crippen molar-refractivity contribution in [1.29, 1.82) is 0 Å². The molecule has 3 heterocycles. The third-order valence-electron chi connectivity index (χ3n) is 7.16. The Kier molecular flexibility index (Phi) is 7.10. The van der Waals surface area contributed by atoms with Gasteiger partial charge in [-0.2, -0.15) is 0 Å². The number of carboxylic acids is 1. The number of aryl methyl sites for hydroxylation is 1. The Morgan fingerprint density at radius 3 is 2.68 bits per heavy atom. The van der Waals surface area contributed by atoms with E-state index in [0.29, 0.717) is 37.6 Å². The summed E-state index contributed by atoms with van der Waals surface area (Å²) in [5.41, 5.74) is 5.78. The molecule has 0 radical (unpaired) electrons. The quantitative estimate of drug-likeness (QED) is 0.499. The number of rotatable bonds is 6. The van der Waals surface area contributed by atoms with Gasteiger partial charge in [-0.1, -0.05) is 24.6 Å². The molecule has 2 N–H and O–H groups in total.